The third-order valence-electron chi connectivity index (χ3n) is 3.91. The predicted octanol–water partition coefficient (Wildman–Crippen LogP) is 3.69. The van der Waals surface area contributed by atoms with Crippen molar-refractivity contribution in [1.82, 2.24) is 5.32 Å². The molecule has 0 aliphatic carbocycles. The lowest BCUT2D eigenvalue weighted by Crippen LogP contribution is -2.43. The van der Waals surface area contributed by atoms with Crippen LogP contribution >= 0.6 is 24.2 Å². The van der Waals surface area contributed by atoms with Gasteiger partial charge in [0.25, 0.3) is 0 Å². The molecule has 130 valence electrons. The fourth-order valence-electron chi connectivity index (χ4n) is 2.69. The second-order valence-corrected chi connectivity index (χ2v) is 6.41. The molecule has 24 heavy (non-hydrogen) atoms. The maximum atomic E-state index is 5.52. The molecule has 1 aliphatic rings. The molecule has 2 aromatic carbocycles. The van der Waals surface area contributed by atoms with E-state index >= 15 is 0 Å². The number of para-hydroxylation sites is 1. The topological polar surface area (TPSA) is 33.7 Å². The Morgan fingerprint density at radius 3 is 2.42 bits per heavy atom. The van der Waals surface area contributed by atoms with Crippen molar-refractivity contribution in [1.29, 1.82) is 0 Å². The van der Waals surface area contributed by atoms with E-state index in [1.54, 1.807) is 26.0 Å². The van der Waals surface area contributed by atoms with Gasteiger partial charge in [-0.15, -0.1) is 12.4 Å². The summed E-state index contributed by atoms with van der Waals surface area (Å²) in [7, 11) is 3.36. The molecule has 1 saturated heterocycles. The van der Waals surface area contributed by atoms with E-state index in [9.17, 15) is 0 Å². The van der Waals surface area contributed by atoms with Crippen molar-refractivity contribution in [3.05, 3.63) is 42.5 Å². The normalized spacial score (nSPS) is 14.0. The Labute approximate surface area is 153 Å². The number of nitrogens with one attached hydrogen (secondary N) is 1. The first-order valence-corrected chi connectivity index (χ1v) is 8.58. The molecule has 1 aliphatic heterocycles. The van der Waals surface area contributed by atoms with Gasteiger partial charge in [-0.3, -0.25) is 0 Å². The molecule has 2 aromatic rings. The van der Waals surface area contributed by atoms with E-state index in [0.717, 1.165) is 42.6 Å². The lowest BCUT2D eigenvalue weighted by molar-refractivity contribution is 0.387. The van der Waals surface area contributed by atoms with Crippen molar-refractivity contribution in [2.75, 3.05) is 45.3 Å². The van der Waals surface area contributed by atoms with Crippen LogP contribution in [0.3, 0.4) is 0 Å². The molecule has 0 unspecified atom stereocenters. The van der Waals surface area contributed by atoms with Crippen molar-refractivity contribution in [2.24, 2.45) is 0 Å². The molecule has 0 radical (unpaired) electrons. The van der Waals surface area contributed by atoms with Gasteiger partial charge in [-0.1, -0.05) is 23.9 Å². The van der Waals surface area contributed by atoms with E-state index in [1.807, 2.05) is 12.1 Å². The molecular weight excluding hydrogens is 344 g/mol. The molecule has 0 saturated carbocycles. The monoisotopic (exact) mass is 366 g/mol. The zero-order valence-corrected chi connectivity index (χ0v) is 15.6. The highest BCUT2D eigenvalue weighted by Gasteiger charge is 2.16. The molecule has 0 spiro atoms. The Morgan fingerprint density at radius 2 is 1.71 bits per heavy atom. The molecule has 0 bridgehead atoms. The largest absolute Gasteiger partial charge is 0.497 e. The minimum absolute atomic E-state index is 0. The molecule has 6 heteroatoms. The second-order valence-electron chi connectivity index (χ2n) is 5.32. The summed E-state index contributed by atoms with van der Waals surface area (Å²) in [6, 6.07) is 14.5. The Hall–Kier alpha value is -1.56. The predicted molar refractivity (Wildman–Crippen MR) is 102 cm³/mol. The number of benzene rings is 2. The van der Waals surface area contributed by atoms with Crippen LogP contribution < -0.4 is 19.7 Å². The van der Waals surface area contributed by atoms with Crippen LogP contribution in [0.1, 0.15) is 0 Å². The summed E-state index contributed by atoms with van der Waals surface area (Å²) in [6.45, 7) is 4.14. The molecule has 0 aromatic heterocycles. The number of methoxy groups -OCH3 is 2. The van der Waals surface area contributed by atoms with Gasteiger partial charge < -0.3 is 19.7 Å². The second kappa shape index (κ2) is 9.06. The number of halogens is 1. The Kier molecular flexibility index (Phi) is 7.09. The highest BCUT2D eigenvalue weighted by molar-refractivity contribution is 7.99. The van der Waals surface area contributed by atoms with Crippen LogP contribution in [0.2, 0.25) is 0 Å². The van der Waals surface area contributed by atoms with E-state index in [-0.39, 0.29) is 12.4 Å². The van der Waals surface area contributed by atoms with Crippen LogP contribution in [0.5, 0.6) is 11.5 Å². The maximum Gasteiger partial charge on any atom is 0.136 e. The highest BCUT2D eigenvalue weighted by atomic mass is 35.5. The highest BCUT2D eigenvalue weighted by Crippen LogP contribution is 2.41. The zero-order chi connectivity index (χ0) is 16.1. The summed E-state index contributed by atoms with van der Waals surface area (Å²) in [6.07, 6.45) is 0. The molecule has 1 heterocycles. The Balaban J connectivity index is 0.00000208. The molecule has 1 N–H and O–H groups in total. The number of hydrogen-bond donors (Lipinski definition) is 1. The van der Waals surface area contributed by atoms with E-state index < -0.39 is 0 Å². The van der Waals surface area contributed by atoms with Gasteiger partial charge in [-0.05, 0) is 24.3 Å². The molecule has 4 nitrogen and oxygen atoms in total. The van der Waals surface area contributed by atoms with Gasteiger partial charge in [-0.25, -0.2) is 0 Å². The van der Waals surface area contributed by atoms with Gasteiger partial charge in [0.05, 0.1) is 24.8 Å². The third kappa shape index (κ3) is 4.29. The van der Waals surface area contributed by atoms with E-state index in [2.05, 4.69) is 40.5 Å². The summed E-state index contributed by atoms with van der Waals surface area (Å²) in [5.41, 5.74) is 1.29. The van der Waals surface area contributed by atoms with E-state index in [0.29, 0.717) is 0 Å². The number of ether oxygens (including phenoxy) is 2. The SMILES string of the molecule is COc1ccc(Sc2ccccc2N2CCNCC2)c(OC)c1.Cl. The van der Waals surface area contributed by atoms with Crippen molar-refractivity contribution in [3.8, 4) is 11.5 Å². The summed E-state index contributed by atoms with van der Waals surface area (Å²) < 4.78 is 10.8. The summed E-state index contributed by atoms with van der Waals surface area (Å²) in [5.74, 6) is 1.64. The lowest BCUT2D eigenvalue weighted by Gasteiger charge is -2.31. The van der Waals surface area contributed by atoms with Gasteiger partial charge >= 0.3 is 0 Å². The Bertz CT molecular complexity index is 663. The quantitative estimate of drug-likeness (QED) is 0.872. The summed E-state index contributed by atoms with van der Waals surface area (Å²) >= 11 is 1.74. The minimum Gasteiger partial charge on any atom is -0.497 e. The number of anilines is 1. The number of rotatable bonds is 5. The van der Waals surface area contributed by atoms with Crippen LogP contribution in [0.15, 0.2) is 52.3 Å². The van der Waals surface area contributed by atoms with Crippen LogP contribution in [0, 0.1) is 0 Å². The maximum absolute atomic E-state index is 5.52. The van der Waals surface area contributed by atoms with Crippen molar-refractivity contribution in [3.63, 3.8) is 0 Å². The van der Waals surface area contributed by atoms with Crippen LogP contribution in [-0.2, 0) is 0 Å². The first-order chi connectivity index (χ1) is 11.3. The van der Waals surface area contributed by atoms with Gasteiger partial charge in [0.15, 0.2) is 0 Å². The summed E-state index contributed by atoms with van der Waals surface area (Å²) in [5, 5.41) is 3.40. The van der Waals surface area contributed by atoms with Crippen molar-refractivity contribution in [2.45, 2.75) is 9.79 Å². The summed E-state index contributed by atoms with van der Waals surface area (Å²) in [4.78, 5) is 4.78. The van der Waals surface area contributed by atoms with Crippen LogP contribution in [0.4, 0.5) is 5.69 Å². The van der Waals surface area contributed by atoms with Crippen molar-refractivity contribution < 1.29 is 9.47 Å². The van der Waals surface area contributed by atoms with Crippen LogP contribution in [0.25, 0.3) is 0 Å². The standard InChI is InChI=1S/C18H22N2O2S.ClH/c1-21-14-7-8-18(16(13-14)22-2)23-17-6-4-3-5-15(17)20-11-9-19-10-12-20;/h3-8,13,19H,9-12H2,1-2H3;1H. The molecule has 3 rings (SSSR count). The Morgan fingerprint density at radius 1 is 0.958 bits per heavy atom. The average Bonchev–Trinajstić information content (AvgIpc) is 2.63. The first-order valence-electron chi connectivity index (χ1n) is 7.76. The minimum atomic E-state index is 0. The zero-order valence-electron chi connectivity index (χ0n) is 14.0. The number of piperazine rings is 1. The molecule has 0 amide bonds. The molecular formula is C18H23ClN2O2S. The fourth-order valence-corrected chi connectivity index (χ4v) is 3.75. The van der Waals surface area contributed by atoms with Gasteiger partial charge in [0.1, 0.15) is 11.5 Å². The van der Waals surface area contributed by atoms with E-state index in [4.69, 9.17) is 9.47 Å². The third-order valence-corrected chi connectivity index (χ3v) is 5.04. The van der Waals surface area contributed by atoms with E-state index in [1.165, 1.54) is 10.6 Å². The van der Waals surface area contributed by atoms with Gasteiger partial charge in [0, 0.05) is 37.1 Å². The van der Waals surface area contributed by atoms with Gasteiger partial charge in [-0.2, -0.15) is 0 Å². The number of hydrogen-bond acceptors (Lipinski definition) is 5. The molecule has 1 fully saturated rings. The van der Waals surface area contributed by atoms with Crippen molar-refractivity contribution >= 4 is 29.9 Å². The first kappa shape index (κ1) is 18.8. The van der Waals surface area contributed by atoms with Gasteiger partial charge in [0.2, 0.25) is 0 Å². The smallest absolute Gasteiger partial charge is 0.136 e. The van der Waals surface area contributed by atoms with Crippen LogP contribution in [-0.4, -0.2) is 40.4 Å². The lowest BCUT2D eigenvalue weighted by atomic mass is 10.2. The average molecular weight is 367 g/mol. The fraction of sp³-hybridized carbons (Fsp3) is 0.333. The molecule has 0 atom stereocenters. The number of nitrogens with zero attached hydrogens (tertiary/aromatic N) is 1.